The highest BCUT2D eigenvalue weighted by molar-refractivity contribution is 5.62. The number of hydrogen-bond acceptors (Lipinski definition) is 7. The van der Waals surface area contributed by atoms with Gasteiger partial charge >= 0.3 is 0 Å². The molecule has 0 saturated heterocycles. The highest BCUT2D eigenvalue weighted by Gasteiger charge is 2.22. The minimum absolute atomic E-state index is 0.0879. The van der Waals surface area contributed by atoms with Crippen LogP contribution in [-0.4, -0.2) is 42.1 Å². The molecule has 0 amide bonds. The smallest absolute Gasteiger partial charge is 0.228 e. The fraction of sp³-hybridized carbons (Fsp3) is 0.286. The molecule has 0 bridgehead atoms. The Hall–Kier alpha value is -3.62. The lowest BCUT2D eigenvalue weighted by Gasteiger charge is -2.26. The van der Waals surface area contributed by atoms with Crippen LogP contribution in [0.5, 0.6) is 0 Å². The highest BCUT2D eigenvalue weighted by atomic mass is 19.1. The molecule has 1 atom stereocenters. The second kappa shape index (κ2) is 7.33. The minimum Gasteiger partial charge on any atom is -0.368 e. The van der Waals surface area contributed by atoms with Gasteiger partial charge in [-0.2, -0.15) is 14.6 Å². The maximum atomic E-state index is 13.8. The molecule has 4 aromatic rings. The van der Waals surface area contributed by atoms with Crippen LogP contribution in [0, 0.1) is 5.82 Å². The van der Waals surface area contributed by atoms with Gasteiger partial charge in [0.05, 0.1) is 18.4 Å². The maximum Gasteiger partial charge on any atom is 0.228 e. The summed E-state index contributed by atoms with van der Waals surface area (Å²) in [7, 11) is 0. The van der Waals surface area contributed by atoms with Crippen LogP contribution in [0.2, 0.25) is 0 Å². The Labute approximate surface area is 172 Å². The zero-order chi connectivity index (χ0) is 20.7. The van der Waals surface area contributed by atoms with Gasteiger partial charge in [-0.1, -0.05) is 19.9 Å². The van der Waals surface area contributed by atoms with Gasteiger partial charge in [0.1, 0.15) is 11.6 Å². The molecule has 0 fully saturated rings. The van der Waals surface area contributed by atoms with Crippen LogP contribution in [0.15, 0.2) is 43.0 Å². The normalized spacial score (nSPS) is 15.8. The molecule has 1 aliphatic heterocycles. The fourth-order valence-electron chi connectivity index (χ4n) is 3.66. The van der Waals surface area contributed by atoms with E-state index in [0.29, 0.717) is 29.5 Å². The largest absolute Gasteiger partial charge is 0.368 e. The summed E-state index contributed by atoms with van der Waals surface area (Å²) in [5, 5.41) is 11.3. The predicted octanol–water partition coefficient (Wildman–Crippen LogP) is 3.29. The number of aromatic nitrogens is 6. The molecule has 0 aliphatic carbocycles. The summed E-state index contributed by atoms with van der Waals surface area (Å²) in [5.41, 5.74) is 3.37. The third-order valence-electron chi connectivity index (χ3n) is 5.19. The molecule has 5 heterocycles. The van der Waals surface area contributed by atoms with Crippen molar-refractivity contribution in [2.45, 2.75) is 32.2 Å². The molecule has 0 unspecified atom stereocenters. The summed E-state index contributed by atoms with van der Waals surface area (Å²) in [4.78, 5) is 17.7. The van der Waals surface area contributed by atoms with Gasteiger partial charge in [0.15, 0.2) is 11.5 Å². The summed E-state index contributed by atoms with van der Waals surface area (Å²) in [5.74, 6) is 1.69. The molecule has 9 heteroatoms. The molecule has 0 saturated carbocycles. The van der Waals surface area contributed by atoms with Crippen molar-refractivity contribution in [3.63, 3.8) is 0 Å². The van der Waals surface area contributed by atoms with Crippen LogP contribution in [0.1, 0.15) is 30.9 Å². The predicted molar refractivity (Wildman–Crippen MR) is 112 cm³/mol. The van der Waals surface area contributed by atoms with Crippen molar-refractivity contribution in [3.05, 3.63) is 59.9 Å². The Kier molecular flexibility index (Phi) is 4.50. The van der Waals surface area contributed by atoms with Crippen molar-refractivity contribution < 1.29 is 4.39 Å². The lowest BCUT2D eigenvalue weighted by molar-refractivity contribution is 0.621. The van der Waals surface area contributed by atoms with Crippen LogP contribution in [0.25, 0.3) is 17.0 Å². The number of fused-ring (bicyclic) bond motifs is 2. The number of pyridine rings is 2. The molecule has 0 aromatic carbocycles. The number of rotatable bonds is 4. The first-order chi connectivity index (χ1) is 14.6. The quantitative estimate of drug-likeness (QED) is 0.539. The van der Waals surface area contributed by atoms with Crippen LogP contribution in [0.3, 0.4) is 0 Å². The maximum absolute atomic E-state index is 13.8. The lowest BCUT2D eigenvalue weighted by Crippen LogP contribution is -2.36. The second-order valence-corrected chi connectivity index (χ2v) is 7.69. The van der Waals surface area contributed by atoms with Crippen LogP contribution >= 0.6 is 0 Å². The summed E-state index contributed by atoms with van der Waals surface area (Å²) in [6, 6.07) is 5.47. The summed E-state index contributed by atoms with van der Waals surface area (Å²) >= 11 is 0. The minimum atomic E-state index is -0.427. The molecule has 4 aromatic heterocycles. The van der Waals surface area contributed by atoms with E-state index in [4.69, 9.17) is 0 Å². The Balaban J connectivity index is 1.57. The first-order valence-electron chi connectivity index (χ1n) is 9.89. The van der Waals surface area contributed by atoms with E-state index < -0.39 is 5.82 Å². The van der Waals surface area contributed by atoms with E-state index in [-0.39, 0.29) is 12.0 Å². The molecule has 5 rings (SSSR count). The number of nitrogens with one attached hydrogen (secondary N) is 2. The van der Waals surface area contributed by atoms with E-state index in [1.807, 2.05) is 12.3 Å². The number of anilines is 2. The first kappa shape index (κ1) is 18.4. The van der Waals surface area contributed by atoms with E-state index >= 15 is 0 Å². The molecule has 8 nitrogen and oxygen atoms in total. The molecule has 0 radical (unpaired) electrons. The van der Waals surface area contributed by atoms with E-state index in [0.717, 1.165) is 23.4 Å². The molecule has 1 aliphatic rings. The first-order valence-corrected chi connectivity index (χ1v) is 9.89. The van der Waals surface area contributed by atoms with E-state index in [1.54, 1.807) is 16.9 Å². The fourth-order valence-corrected chi connectivity index (χ4v) is 3.66. The molecular weight excluding hydrogens is 383 g/mol. The average Bonchev–Trinajstić information content (AvgIpc) is 3.18. The van der Waals surface area contributed by atoms with Crippen molar-refractivity contribution in [1.82, 2.24) is 29.5 Å². The Morgan fingerprint density at radius 1 is 1.23 bits per heavy atom. The number of hydrogen-bond donors (Lipinski definition) is 2. The Bertz CT molecular complexity index is 1220. The van der Waals surface area contributed by atoms with E-state index in [2.05, 4.69) is 55.6 Å². The van der Waals surface area contributed by atoms with Gasteiger partial charge in [0.25, 0.3) is 0 Å². The van der Waals surface area contributed by atoms with Crippen molar-refractivity contribution in [2.75, 3.05) is 17.2 Å². The summed E-state index contributed by atoms with van der Waals surface area (Å²) in [6.45, 7) is 4.87. The van der Waals surface area contributed by atoms with Gasteiger partial charge in [-0.15, -0.1) is 0 Å². The topological polar surface area (TPSA) is 92.9 Å². The summed E-state index contributed by atoms with van der Waals surface area (Å²) in [6.07, 6.45) is 7.12. The molecule has 30 heavy (non-hydrogen) atoms. The van der Waals surface area contributed by atoms with Crippen molar-refractivity contribution in [1.29, 1.82) is 0 Å². The van der Waals surface area contributed by atoms with Gasteiger partial charge in [-0.05, 0) is 30.0 Å². The Morgan fingerprint density at radius 2 is 2.13 bits per heavy atom. The van der Waals surface area contributed by atoms with E-state index in [9.17, 15) is 4.39 Å². The molecule has 152 valence electrons. The van der Waals surface area contributed by atoms with Gasteiger partial charge in [0.2, 0.25) is 5.95 Å². The Morgan fingerprint density at radius 3 is 2.97 bits per heavy atom. The molecule has 2 N–H and O–H groups in total. The van der Waals surface area contributed by atoms with Crippen molar-refractivity contribution in [2.24, 2.45) is 0 Å². The monoisotopic (exact) mass is 404 g/mol. The number of nitrogens with zero attached hydrogens (tertiary/aromatic N) is 6. The average molecular weight is 404 g/mol. The third-order valence-corrected chi connectivity index (χ3v) is 5.19. The summed E-state index contributed by atoms with van der Waals surface area (Å²) < 4.78 is 15.5. The SMILES string of the molecule is CC(C)c1cnn2c(N[C@@H]3CNc4ncccc4C3)nc(-c3cncc(F)c3)nc12. The standard InChI is InChI=1S/C21H21FN8/c1-12(2)17-11-26-30-20(17)28-19(14-6-15(22)9-23-8-14)29-21(30)27-16-7-13-4-3-5-24-18(13)25-10-16/h3-6,8-9,11-12,16H,7,10H2,1-2H3,(H,24,25)(H,27,28,29)/t16-/m0/s1. The van der Waals surface area contributed by atoms with Crippen molar-refractivity contribution >= 4 is 17.4 Å². The van der Waals surface area contributed by atoms with Crippen LogP contribution in [-0.2, 0) is 6.42 Å². The van der Waals surface area contributed by atoms with Crippen LogP contribution < -0.4 is 10.6 Å². The van der Waals surface area contributed by atoms with Crippen LogP contribution in [0.4, 0.5) is 16.2 Å². The second-order valence-electron chi connectivity index (χ2n) is 7.69. The zero-order valence-corrected chi connectivity index (χ0v) is 16.7. The van der Waals surface area contributed by atoms with E-state index in [1.165, 1.54) is 12.3 Å². The van der Waals surface area contributed by atoms with Gasteiger partial charge in [-0.3, -0.25) is 4.98 Å². The third kappa shape index (κ3) is 3.32. The molecule has 0 spiro atoms. The van der Waals surface area contributed by atoms with Gasteiger partial charge < -0.3 is 10.6 Å². The van der Waals surface area contributed by atoms with Gasteiger partial charge in [0, 0.05) is 30.1 Å². The highest BCUT2D eigenvalue weighted by Crippen LogP contribution is 2.26. The number of halogens is 1. The zero-order valence-electron chi connectivity index (χ0n) is 16.7. The van der Waals surface area contributed by atoms with Crippen molar-refractivity contribution in [3.8, 4) is 11.4 Å². The lowest BCUT2D eigenvalue weighted by atomic mass is 10.0. The molecular formula is C21H21FN8. The van der Waals surface area contributed by atoms with Gasteiger partial charge in [-0.25, -0.2) is 14.4 Å².